The van der Waals surface area contributed by atoms with Crippen LogP contribution in [0.2, 0.25) is 0 Å². The molecule has 14 fully saturated rings. The van der Waals surface area contributed by atoms with E-state index in [1.54, 1.807) is 6.26 Å². The summed E-state index contributed by atoms with van der Waals surface area (Å²) in [5.74, 6) is -0.995. The zero-order valence-electron chi connectivity index (χ0n) is 45.0. The largest absolute Gasteiger partial charge is 0.469 e. The minimum absolute atomic E-state index is 0.0753. The van der Waals surface area contributed by atoms with Crippen LogP contribution in [0.5, 0.6) is 0 Å². The fraction of sp³-hybridized carbons (Fsp3) is 0.825. The van der Waals surface area contributed by atoms with Gasteiger partial charge < -0.3 is 43.6 Å². The number of esters is 2. The van der Waals surface area contributed by atoms with Gasteiger partial charge in [0.25, 0.3) is 0 Å². The van der Waals surface area contributed by atoms with Crippen LogP contribution in [0.25, 0.3) is 0 Å². The molecule has 76 heavy (non-hydrogen) atoms. The van der Waals surface area contributed by atoms with Crippen LogP contribution in [-0.2, 0) is 39.8 Å². The molecule has 0 unspecified atom stereocenters. The highest BCUT2D eigenvalue weighted by Gasteiger charge is 2.99. The second-order valence-electron chi connectivity index (χ2n) is 29.8. The quantitative estimate of drug-likeness (QED) is 0.117. The van der Waals surface area contributed by atoms with Crippen molar-refractivity contribution in [2.24, 2.45) is 91.7 Å². The van der Waals surface area contributed by atoms with Crippen LogP contribution in [0.15, 0.2) is 40.7 Å². The number of Topliss-reactive ketones (excluding diaryl/α,β-unsaturated/α-hetero) is 1. The Morgan fingerprint density at radius 1 is 0.895 bits per heavy atom. The summed E-state index contributed by atoms with van der Waals surface area (Å²) in [5, 5.41) is 40.4. The highest BCUT2D eigenvalue weighted by Crippen LogP contribution is 2.92. The summed E-state index contributed by atoms with van der Waals surface area (Å²) in [6.45, 7) is 5.98. The SMILES string of the molecule is C[C@@]12C[C@H]3C[C@]45[C@H](CC[C@]46CCC4(CCCC4)C6)CC4=CC[C@]6(C)O[C@]47[C@H]5C(=O)OC[C@]74[C@@H]3[C@@](C3CCCCC3)([C@H](O)C(=O)[C@@H]46)[C@]13O[C@@H]3C(=O)O[C@H]2c1ccoc1C[C@@H]([C@@H]1CC[C@H]2[C@H](C=CN3CNC[C@@H]23)C1)[C@H](O)CO. The van der Waals surface area contributed by atoms with E-state index < -0.39 is 80.7 Å². The molecule has 9 saturated carbocycles. The molecular weight excluding hydrogens is 961 g/mol. The number of aliphatic hydroxyl groups excluding tert-OH is 3. The van der Waals surface area contributed by atoms with Crippen molar-refractivity contribution in [3.63, 3.8) is 0 Å². The lowest BCUT2D eigenvalue weighted by atomic mass is 9.30. The molecule has 17 rings (SSSR count). The number of fused-ring (bicyclic) bond motifs is 5. The van der Waals surface area contributed by atoms with E-state index in [1.807, 2.05) is 6.07 Å². The van der Waals surface area contributed by atoms with Crippen molar-refractivity contribution in [3.8, 4) is 0 Å². The smallest absolute Gasteiger partial charge is 0.339 e. The molecular formula is C63H82N2O11. The Balaban J connectivity index is 0.854. The van der Waals surface area contributed by atoms with Crippen LogP contribution in [-0.4, -0.2) is 106 Å². The molecule has 5 saturated heterocycles. The third kappa shape index (κ3) is 5.13. The molecule has 7 aliphatic heterocycles. The summed E-state index contributed by atoms with van der Waals surface area (Å²) >= 11 is 0. The molecule has 4 N–H and O–H groups in total. The molecule has 410 valence electrons. The normalized spacial score (nSPS) is 54.0. The lowest BCUT2D eigenvalue weighted by molar-refractivity contribution is -0.300. The van der Waals surface area contributed by atoms with Crippen molar-refractivity contribution >= 4 is 17.7 Å². The van der Waals surface area contributed by atoms with Gasteiger partial charge in [0, 0.05) is 35.4 Å². The van der Waals surface area contributed by atoms with Crippen LogP contribution in [0, 0.1) is 91.7 Å². The zero-order chi connectivity index (χ0) is 51.4. The molecule has 8 heterocycles. The number of allylic oxidation sites excluding steroid dienone is 1. The molecule has 5 bridgehead atoms. The minimum Gasteiger partial charge on any atom is -0.469 e. The van der Waals surface area contributed by atoms with Crippen LogP contribution in [0.4, 0.5) is 0 Å². The van der Waals surface area contributed by atoms with Gasteiger partial charge in [-0.15, -0.1) is 0 Å². The lowest BCUT2D eigenvalue weighted by Gasteiger charge is -2.72. The second-order valence-corrected chi connectivity index (χ2v) is 29.8. The summed E-state index contributed by atoms with van der Waals surface area (Å²) < 4.78 is 36.1. The standard InChI is InChI=1S/C63H82N2O11/c1-55-27-36-28-59-38(13-19-58(59)21-20-57(31-58)16-6-7-17-57)25-39-12-18-56(2)48-46(68)50(69)61(37-8-4-3-5-9-37,47(36)60(48)32-73-53(70)49(59)62(39,60)76-56)63(55)52(75-63)54(71)74-51(55)41-15-23-72-45(41)26-42(44(67)30-66)34-10-11-40-35(24-34)14-22-65-33-64-29-43(40)65/h12,14-15,22-23,34-38,40,42-44,47-52,64,66-67,69H,3-11,13,16-21,24-33H2,1-2H3/t34-,35-,36+,38-,40+,42+,43+,44-,47-,48-,49+,50-,51+,52-,55+,56+,58-,59-,60-,61+,62+,63-/m1/s1. The Kier molecular flexibility index (Phi) is 9.59. The zero-order valence-corrected chi connectivity index (χ0v) is 45.0. The number of carbonyl (C=O) groups is 3. The van der Waals surface area contributed by atoms with E-state index in [0.717, 1.165) is 109 Å². The van der Waals surface area contributed by atoms with E-state index in [4.69, 9.17) is 23.4 Å². The van der Waals surface area contributed by atoms with E-state index in [1.165, 1.54) is 37.7 Å². The first-order chi connectivity index (χ1) is 36.7. The number of nitrogens with zero attached hydrogens (tertiary/aromatic N) is 1. The number of ketones is 1. The molecule has 16 aliphatic rings. The van der Waals surface area contributed by atoms with Gasteiger partial charge in [0.1, 0.15) is 35.8 Å². The molecule has 13 heteroatoms. The van der Waals surface area contributed by atoms with Gasteiger partial charge in [-0.2, -0.15) is 0 Å². The first kappa shape index (κ1) is 47.7. The minimum atomic E-state index is -1.44. The lowest BCUT2D eigenvalue weighted by Crippen LogP contribution is -2.82. The summed E-state index contributed by atoms with van der Waals surface area (Å²) in [6.07, 6.45) is 25.8. The highest BCUT2D eigenvalue weighted by atomic mass is 16.7. The third-order valence-electron chi connectivity index (χ3n) is 27.8. The predicted molar refractivity (Wildman–Crippen MR) is 274 cm³/mol. The van der Waals surface area contributed by atoms with Gasteiger partial charge in [-0.3, -0.25) is 14.9 Å². The first-order valence-corrected chi connectivity index (χ1v) is 30.9. The van der Waals surface area contributed by atoms with Crippen molar-refractivity contribution in [3.05, 3.63) is 47.6 Å². The fourth-order valence-electron chi connectivity index (χ4n) is 25.9. The summed E-state index contributed by atoms with van der Waals surface area (Å²) in [7, 11) is 0. The average Bonchev–Trinajstić information content (AvgIpc) is 3.85. The maximum absolute atomic E-state index is 16.6. The van der Waals surface area contributed by atoms with E-state index in [-0.39, 0.29) is 71.3 Å². The van der Waals surface area contributed by atoms with Crippen LogP contribution >= 0.6 is 0 Å². The van der Waals surface area contributed by atoms with E-state index in [9.17, 15) is 15.3 Å². The van der Waals surface area contributed by atoms with E-state index >= 15 is 14.4 Å². The molecule has 0 radical (unpaired) electrons. The number of furan rings is 1. The average molecular weight is 1040 g/mol. The van der Waals surface area contributed by atoms with Crippen LogP contribution in [0.1, 0.15) is 166 Å². The van der Waals surface area contributed by atoms with Gasteiger partial charge >= 0.3 is 11.9 Å². The Hall–Kier alpha value is -3.07. The van der Waals surface area contributed by atoms with Gasteiger partial charge in [0.05, 0.1) is 48.5 Å². The number of hydrogen-bond acceptors (Lipinski definition) is 13. The van der Waals surface area contributed by atoms with Crippen molar-refractivity contribution in [2.45, 2.75) is 202 Å². The Labute approximate surface area is 447 Å². The number of aliphatic hydroxyl groups is 3. The predicted octanol–water partition coefficient (Wildman–Crippen LogP) is 8.04. The van der Waals surface area contributed by atoms with Crippen LogP contribution < -0.4 is 5.32 Å². The summed E-state index contributed by atoms with van der Waals surface area (Å²) in [4.78, 5) is 50.3. The Bertz CT molecular complexity index is 2760. The molecule has 13 nitrogen and oxygen atoms in total. The van der Waals surface area contributed by atoms with Gasteiger partial charge in [0.15, 0.2) is 11.9 Å². The first-order valence-electron chi connectivity index (χ1n) is 30.9. The third-order valence-corrected chi connectivity index (χ3v) is 27.8. The van der Waals surface area contributed by atoms with Crippen molar-refractivity contribution in [1.29, 1.82) is 0 Å². The fourth-order valence-corrected chi connectivity index (χ4v) is 25.9. The number of hydrogen-bond donors (Lipinski definition) is 4. The summed E-state index contributed by atoms with van der Waals surface area (Å²) in [5.41, 5.74) is -4.74. The van der Waals surface area contributed by atoms with Gasteiger partial charge in [0.2, 0.25) is 0 Å². The van der Waals surface area contributed by atoms with E-state index in [2.05, 4.69) is 42.4 Å². The molecule has 22 atom stereocenters. The number of carbonyl (C=O) groups excluding carboxylic acids is 3. The number of ether oxygens (including phenoxy) is 4. The number of rotatable bonds is 7. The monoisotopic (exact) mass is 1040 g/mol. The number of epoxide rings is 1. The maximum atomic E-state index is 16.6. The molecule has 0 amide bonds. The van der Waals surface area contributed by atoms with Crippen molar-refractivity contribution < 1.29 is 53.1 Å². The topological polar surface area (TPSA) is 181 Å². The Morgan fingerprint density at radius 2 is 1.74 bits per heavy atom. The number of nitrogens with one attached hydrogen (secondary N) is 1. The van der Waals surface area contributed by atoms with Crippen LogP contribution in [0.3, 0.4) is 0 Å². The maximum Gasteiger partial charge on any atom is 0.339 e. The van der Waals surface area contributed by atoms with Crippen molar-refractivity contribution in [1.82, 2.24) is 10.2 Å². The number of cyclic esters (lactones) is 2. The molecule has 6 spiro atoms. The Morgan fingerprint density at radius 3 is 2.57 bits per heavy atom. The van der Waals surface area contributed by atoms with Gasteiger partial charge in [-0.1, -0.05) is 51.2 Å². The van der Waals surface area contributed by atoms with E-state index in [0.29, 0.717) is 42.9 Å². The highest BCUT2D eigenvalue weighted by molar-refractivity contribution is 5.94. The van der Waals surface area contributed by atoms with Gasteiger partial charge in [-0.25, -0.2) is 4.79 Å². The summed E-state index contributed by atoms with van der Waals surface area (Å²) in [6, 6.07) is 2.45. The molecule has 1 aromatic rings. The molecule has 0 aromatic carbocycles. The second kappa shape index (κ2) is 15.3. The van der Waals surface area contributed by atoms with Crippen molar-refractivity contribution in [2.75, 3.05) is 26.4 Å². The molecule has 1 aromatic heterocycles. The van der Waals surface area contributed by atoms with Gasteiger partial charge in [-0.05, 0) is 191 Å². The molecule has 9 aliphatic carbocycles.